The first-order valence-electron chi connectivity index (χ1n) is 4.43. The Kier molecular flexibility index (Phi) is 4.02. The molecule has 1 heterocycles. The molecular formula is C11H8NOSTl. The summed E-state index contributed by atoms with van der Waals surface area (Å²) in [6.07, 6.45) is 3.40. The molecule has 0 saturated heterocycles. The number of aliphatic imine (C=N–C) groups is 1. The van der Waals surface area contributed by atoms with Crippen molar-refractivity contribution in [2.75, 3.05) is 0 Å². The van der Waals surface area contributed by atoms with Crippen molar-refractivity contribution < 1.29 is 4.42 Å². The van der Waals surface area contributed by atoms with Gasteiger partial charge in [0.15, 0.2) is 0 Å². The van der Waals surface area contributed by atoms with E-state index in [1.165, 1.54) is 4.90 Å². The molecule has 0 aliphatic heterocycles. The molecule has 0 spiro atoms. The van der Waals surface area contributed by atoms with Crippen LogP contribution in [0, 0.1) is 0 Å². The fourth-order valence-electron chi connectivity index (χ4n) is 1.16. The zero-order valence-corrected chi connectivity index (χ0v) is 13.3. The second-order valence-corrected chi connectivity index (χ2v) is 6.28. The predicted molar refractivity (Wildman–Crippen MR) is 64.0 cm³/mol. The molecule has 0 radical (unpaired) electrons. The summed E-state index contributed by atoms with van der Waals surface area (Å²) < 4.78 is 5.18. The van der Waals surface area contributed by atoms with E-state index in [9.17, 15) is 0 Å². The van der Waals surface area contributed by atoms with Crippen LogP contribution < -0.4 is 0 Å². The maximum atomic E-state index is 5.18. The summed E-state index contributed by atoms with van der Waals surface area (Å²) in [6, 6.07) is 11.9. The van der Waals surface area contributed by atoms with Gasteiger partial charge in [-0.3, -0.25) is 0 Å². The zero-order valence-electron chi connectivity index (χ0n) is 7.96. The van der Waals surface area contributed by atoms with E-state index in [2.05, 4.69) is 11.1 Å². The fourth-order valence-corrected chi connectivity index (χ4v) is 3.88. The first-order chi connectivity index (χ1) is 7.40. The van der Waals surface area contributed by atoms with Gasteiger partial charge in [-0.2, -0.15) is 0 Å². The molecular weight excluding hydrogens is 399 g/mol. The van der Waals surface area contributed by atoms with Gasteiger partial charge in [0.05, 0.1) is 0 Å². The molecule has 0 unspecified atom stereocenters. The van der Waals surface area contributed by atoms with E-state index in [4.69, 9.17) is 4.42 Å². The number of hydrogen-bond acceptors (Lipinski definition) is 3. The van der Waals surface area contributed by atoms with Crippen LogP contribution in [0.25, 0.3) is 0 Å². The molecule has 0 fully saturated rings. The molecule has 0 aliphatic rings. The summed E-state index contributed by atoms with van der Waals surface area (Å²) in [6.45, 7) is 0. The van der Waals surface area contributed by atoms with Crippen LogP contribution in [0.4, 0.5) is 5.69 Å². The van der Waals surface area contributed by atoms with E-state index in [0.717, 1.165) is 35.7 Å². The SMILES string of the molecule is [Tl][S]c1ccccc1N=Cc1ccco1. The molecule has 72 valence electrons. The molecule has 2 nitrogen and oxygen atoms in total. The second-order valence-electron chi connectivity index (χ2n) is 2.86. The average molecular weight is 407 g/mol. The van der Waals surface area contributed by atoms with Crippen LogP contribution in [0.15, 0.2) is 57.0 Å². The summed E-state index contributed by atoms with van der Waals surface area (Å²) in [5.74, 6) is 0.783. The van der Waals surface area contributed by atoms with Gasteiger partial charge in [-0.15, -0.1) is 0 Å². The molecule has 0 saturated carbocycles. The maximum absolute atomic E-state index is 5.18. The van der Waals surface area contributed by atoms with Crippen molar-refractivity contribution in [2.45, 2.75) is 4.90 Å². The van der Waals surface area contributed by atoms with Crippen molar-refractivity contribution in [2.24, 2.45) is 4.99 Å². The standard InChI is InChI=1S/C11H9NOS.Tl/c14-11-6-2-1-5-10(11)12-8-9-4-3-7-13-9;/h1-8,14H;/q;+1/p-1. The van der Waals surface area contributed by atoms with Crippen molar-refractivity contribution in [1.29, 1.82) is 0 Å². The van der Waals surface area contributed by atoms with Gasteiger partial charge in [0, 0.05) is 0 Å². The predicted octanol–water partition coefficient (Wildman–Crippen LogP) is 3.21. The van der Waals surface area contributed by atoms with Gasteiger partial charge in [-0.25, -0.2) is 0 Å². The minimum atomic E-state index is 0.783. The molecule has 4 heteroatoms. The van der Waals surface area contributed by atoms with Gasteiger partial charge in [0.2, 0.25) is 0 Å². The topological polar surface area (TPSA) is 25.5 Å². The molecule has 0 bridgehead atoms. The van der Waals surface area contributed by atoms with E-state index in [1.807, 2.05) is 38.6 Å². The van der Waals surface area contributed by atoms with Gasteiger partial charge in [-0.05, 0) is 0 Å². The number of hydrogen-bond donors (Lipinski definition) is 0. The minimum absolute atomic E-state index is 0.783. The van der Waals surface area contributed by atoms with E-state index < -0.39 is 0 Å². The van der Waals surface area contributed by atoms with Crippen molar-refractivity contribution in [3.63, 3.8) is 0 Å². The Bertz CT molecular complexity index is 453. The molecule has 2 rings (SSSR count). The molecule has 1 aromatic heterocycles. The molecule has 0 N–H and O–H groups in total. The third-order valence-corrected chi connectivity index (χ3v) is 5.43. The Morgan fingerprint density at radius 3 is 2.80 bits per heavy atom. The van der Waals surface area contributed by atoms with Gasteiger partial charge in [0.1, 0.15) is 0 Å². The van der Waals surface area contributed by atoms with Crippen molar-refractivity contribution >= 4 is 44.5 Å². The van der Waals surface area contributed by atoms with Crippen LogP contribution in [0.5, 0.6) is 0 Å². The van der Waals surface area contributed by atoms with Crippen molar-refractivity contribution in [1.82, 2.24) is 0 Å². The number of furan rings is 1. The number of rotatable bonds is 3. The van der Waals surface area contributed by atoms with Crippen LogP contribution in [-0.2, 0) is 0 Å². The molecule has 0 atom stereocenters. The Hall–Kier alpha value is -0.558. The first-order valence-corrected chi connectivity index (χ1v) is 10.8. The summed E-state index contributed by atoms with van der Waals surface area (Å²) in [5.41, 5.74) is 1.02. The number of benzene rings is 1. The van der Waals surface area contributed by atoms with E-state index in [0.29, 0.717) is 0 Å². The Morgan fingerprint density at radius 2 is 2.07 bits per heavy atom. The Balaban J connectivity index is 2.24. The third-order valence-electron chi connectivity index (χ3n) is 1.87. The number of para-hydroxylation sites is 1. The fraction of sp³-hybridized carbons (Fsp3) is 0. The van der Waals surface area contributed by atoms with E-state index in [1.54, 1.807) is 12.5 Å². The third kappa shape index (κ3) is 2.95. The van der Waals surface area contributed by atoms with Crippen molar-refractivity contribution in [3.05, 3.63) is 48.4 Å². The first kappa shape index (κ1) is 10.9. The second kappa shape index (κ2) is 5.51. The summed E-state index contributed by atoms with van der Waals surface area (Å²) >= 11 is 0.884. The summed E-state index contributed by atoms with van der Waals surface area (Å²) in [4.78, 5) is 5.65. The van der Waals surface area contributed by atoms with Crippen molar-refractivity contribution in [3.8, 4) is 0 Å². The number of nitrogens with zero attached hydrogens (tertiary/aromatic N) is 1. The van der Waals surface area contributed by atoms with Gasteiger partial charge < -0.3 is 0 Å². The van der Waals surface area contributed by atoms with Crippen LogP contribution in [0.2, 0.25) is 0 Å². The average Bonchev–Trinajstić information content (AvgIpc) is 2.79. The van der Waals surface area contributed by atoms with E-state index in [-0.39, 0.29) is 0 Å². The van der Waals surface area contributed by atoms with Gasteiger partial charge in [-0.1, -0.05) is 0 Å². The van der Waals surface area contributed by atoms with Gasteiger partial charge in [0.25, 0.3) is 0 Å². The van der Waals surface area contributed by atoms with Crippen LogP contribution in [0.1, 0.15) is 5.76 Å². The normalized spacial score (nSPS) is 10.9. The summed E-state index contributed by atoms with van der Waals surface area (Å²) in [7, 11) is 1.85. The molecule has 15 heavy (non-hydrogen) atoms. The van der Waals surface area contributed by atoms with Crippen LogP contribution in [0.3, 0.4) is 0 Å². The van der Waals surface area contributed by atoms with Gasteiger partial charge >= 0.3 is 107 Å². The quantitative estimate of drug-likeness (QED) is 0.578. The van der Waals surface area contributed by atoms with Crippen LogP contribution >= 0.6 is 8.31 Å². The molecule has 0 aliphatic carbocycles. The Labute approximate surface area is 107 Å². The molecule has 1 aromatic carbocycles. The van der Waals surface area contributed by atoms with E-state index >= 15 is 0 Å². The molecule has 0 amide bonds. The van der Waals surface area contributed by atoms with Crippen LogP contribution in [-0.4, -0.2) is 30.5 Å². The monoisotopic (exact) mass is 407 g/mol. The molecule has 2 aromatic rings. The Morgan fingerprint density at radius 1 is 1.20 bits per heavy atom. The zero-order chi connectivity index (χ0) is 10.5. The summed E-state index contributed by atoms with van der Waals surface area (Å²) in [5, 5.41) is 0.